The minimum Gasteiger partial charge on any atom is -0.494 e. The number of aliphatic carboxylic acids is 1. The third-order valence-corrected chi connectivity index (χ3v) is 6.22. The standard InChI is InChI=1S/C31H41N3O3.C2HF3O2/c32-31(33)34-28(23-26-13-7-5-8-14-26)25-35-21-11-3-1-2-4-12-22-36-29-17-19-30(20-18-29)37-24-27-15-9-6-10-16-27;3-2(4,5)1(6)7/h5-10,13-20,28H,1-4,11-12,21-25H2,(H4,32,33,34);(H,6,7)/t28-;/m0./s1. The molecule has 3 aromatic carbocycles. The molecule has 11 heteroatoms. The van der Waals surface area contributed by atoms with Gasteiger partial charge in [-0.25, -0.2) is 9.79 Å². The largest absolute Gasteiger partial charge is 0.494 e. The fourth-order valence-electron chi connectivity index (χ4n) is 4.03. The second-order valence-corrected chi connectivity index (χ2v) is 9.99. The zero-order chi connectivity index (χ0) is 32.0. The van der Waals surface area contributed by atoms with Gasteiger partial charge in [0, 0.05) is 6.61 Å². The molecule has 0 saturated carbocycles. The van der Waals surface area contributed by atoms with Gasteiger partial charge in [-0.1, -0.05) is 86.3 Å². The molecule has 0 aliphatic heterocycles. The molecule has 0 amide bonds. The number of unbranched alkanes of at least 4 members (excludes halogenated alkanes) is 5. The summed E-state index contributed by atoms with van der Waals surface area (Å²) >= 11 is 0. The summed E-state index contributed by atoms with van der Waals surface area (Å²) in [6.45, 7) is 2.57. The number of nitrogens with two attached hydrogens (primary N) is 2. The number of halogens is 3. The van der Waals surface area contributed by atoms with Crippen LogP contribution in [0.3, 0.4) is 0 Å². The maximum Gasteiger partial charge on any atom is 0.490 e. The first-order chi connectivity index (χ1) is 21.1. The Morgan fingerprint density at radius 3 is 1.73 bits per heavy atom. The van der Waals surface area contributed by atoms with Crippen molar-refractivity contribution in [1.29, 1.82) is 0 Å². The highest BCUT2D eigenvalue weighted by atomic mass is 19.4. The summed E-state index contributed by atoms with van der Waals surface area (Å²) in [7, 11) is 0. The molecule has 0 radical (unpaired) electrons. The van der Waals surface area contributed by atoms with E-state index in [0.717, 1.165) is 56.0 Å². The summed E-state index contributed by atoms with van der Waals surface area (Å²) in [5.41, 5.74) is 13.5. The third kappa shape index (κ3) is 17.0. The molecule has 3 aromatic rings. The van der Waals surface area contributed by atoms with Crippen LogP contribution in [0.1, 0.15) is 49.7 Å². The molecule has 5 N–H and O–H groups in total. The monoisotopic (exact) mass is 617 g/mol. The maximum absolute atomic E-state index is 10.6. The predicted molar refractivity (Wildman–Crippen MR) is 165 cm³/mol. The number of alkyl halides is 3. The van der Waals surface area contributed by atoms with Gasteiger partial charge < -0.3 is 30.8 Å². The zero-order valence-corrected chi connectivity index (χ0v) is 24.8. The fraction of sp³-hybridized carbons (Fsp3) is 0.394. The van der Waals surface area contributed by atoms with Crippen LogP contribution < -0.4 is 20.9 Å². The van der Waals surface area contributed by atoms with Gasteiger partial charge in [-0.3, -0.25) is 0 Å². The van der Waals surface area contributed by atoms with Crippen LogP contribution in [0.15, 0.2) is 89.9 Å². The van der Waals surface area contributed by atoms with Crippen molar-refractivity contribution in [3.63, 3.8) is 0 Å². The normalized spacial score (nSPS) is 11.5. The lowest BCUT2D eigenvalue weighted by atomic mass is 10.1. The lowest BCUT2D eigenvalue weighted by Gasteiger charge is -2.13. The van der Waals surface area contributed by atoms with Crippen molar-refractivity contribution < 1.29 is 37.3 Å². The molecule has 1 atom stereocenters. The van der Waals surface area contributed by atoms with Crippen LogP contribution in [0.5, 0.6) is 11.5 Å². The minimum absolute atomic E-state index is 0.0505. The summed E-state index contributed by atoms with van der Waals surface area (Å²) in [6, 6.07) is 28.2. The second kappa shape index (κ2) is 20.6. The Labute approximate surface area is 256 Å². The van der Waals surface area contributed by atoms with Crippen LogP contribution in [-0.4, -0.2) is 49.1 Å². The van der Waals surface area contributed by atoms with E-state index < -0.39 is 12.1 Å². The van der Waals surface area contributed by atoms with Crippen LogP contribution in [-0.2, 0) is 22.6 Å². The zero-order valence-electron chi connectivity index (χ0n) is 24.8. The van der Waals surface area contributed by atoms with Crippen LogP contribution in [0.25, 0.3) is 0 Å². The maximum atomic E-state index is 10.6. The van der Waals surface area contributed by atoms with Crippen LogP contribution in [0.4, 0.5) is 13.2 Å². The fourth-order valence-corrected chi connectivity index (χ4v) is 4.03. The SMILES string of the molecule is NC(N)=N[C@H](COCCCCCCCCOc1ccc(OCc2ccccc2)cc1)Cc1ccccc1.O=C(O)C(F)(F)F. The smallest absolute Gasteiger partial charge is 0.490 e. The average molecular weight is 618 g/mol. The topological polar surface area (TPSA) is 129 Å². The predicted octanol–water partition coefficient (Wildman–Crippen LogP) is 6.52. The number of hydrogen-bond donors (Lipinski definition) is 3. The van der Waals surface area contributed by atoms with Crippen molar-refractivity contribution in [1.82, 2.24) is 0 Å². The molecule has 0 fully saturated rings. The van der Waals surface area contributed by atoms with Crippen molar-refractivity contribution in [3.05, 3.63) is 96.1 Å². The van der Waals surface area contributed by atoms with Crippen LogP contribution in [0.2, 0.25) is 0 Å². The van der Waals surface area contributed by atoms with Crippen molar-refractivity contribution >= 4 is 11.9 Å². The van der Waals surface area contributed by atoms with Crippen molar-refractivity contribution in [2.45, 2.75) is 63.8 Å². The first-order valence-corrected chi connectivity index (χ1v) is 14.5. The van der Waals surface area contributed by atoms with Gasteiger partial charge in [0.1, 0.15) is 18.1 Å². The van der Waals surface area contributed by atoms with E-state index >= 15 is 0 Å². The van der Waals surface area contributed by atoms with E-state index in [2.05, 4.69) is 29.3 Å². The molecular weight excluding hydrogens is 575 g/mol. The van der Waals surface area contributed by atoms with E-state index in [1.165, 1.54) is 24.8 Å². The van der Waals surface area contributed by atoms with Gasteiger partial charge in [-0.15, -0.1) is 0 Å². The number of rotatable bonds is 18. The molecule has 0 aliphatic rings. The average Bonchev–Trinajstić information content (AvgIpc) is 3.00. The molecule has 0 aliphatic carbocycles. The van der Waals surface area contributed by atoms with Gasteiger partial charge in [0.15, 0.2) is 5.96 Å². The summed E-state index contributed by atoms with van der Waals surface area (Å²) in [5, 5.41) is 7.12. The summed E-state index contributed by atoms with van der Waals surface area (Å²) in [5.74, 6) is -0.912. The lowest BCUT2D eigenvalue weighted by molar-refractivity contribution is -0.192. The number of aliphatic imine (C=N–C) groups is 1. The summed E-state index contributed by atoms with van der Waals surface area (Å²) in [4.78, 5) is 13.2. The van der Waals surface area contributed by atoms with E-state index in [1.54, 1.807) is 0 Å². The van der Waals surface area contributed by atoms with E-state index in [-0.39, 0.29) is 12.0 Å². The van der Waals surface area contributed by atoms with E-state index in [9.17, 15) is 13.2 Å². The highest BCUT2D eigenvalue weighted by molar-refractivity contribution is 5.75. The molecule has 0 spiro atoms. The molecule has 0 unspecified atom stereocenters. The second-order valence-electron chi connectivity index (χ2n) is 9.99. The molecule has 0 saturated heterocycles. The molecule has 8 nitrogen and oxygen atoms in total. The Kier molecular flexibility index (Phi) is 16.8. The van der Waals surface area contributed by atoms with Gasteiger partial charge in [0.25, 0.3) is 0 Å². The van der Waals surface area contributed by atoms with E-state index in [1.807, 2.05) is 60.7 Å². The quantitative estimate of drug-likeness (QED) is 0.0842. The summed E-state index contributed by atoms with van der Waals surface area (Å²) < 4.78 is 49.3. The Bertz CT molecular complexity index is 1210. The molecule has 3 rings (SSSR count). The summed E-state index contributed by atoms with van der Waals surface area (Å²) in [6.07, 6.45) is 2.54. The first kappa shape index (κ1) is 35.9. The number of nitrogens with zero attached hydrogens (tertiary/aromatic N) is 1. The van der Waals surface area contributed by atoms with Gasteiger partial charge in [0.05, 0.1) is 19.3 Å². The van der Waals surface area contributed by atoms with Crippen molar-refractivity contribution in [2.75, 3.05) is 19.8 Å². The molecule has 0 bridgehead atoms. The highest BCUT2D eigenvalue weighted by Gasteiger charge is 2.38. The van der Waals surface area contributed by atoms with Crippen molar-refractivity contribution in [2.24, 2.45) is 16.5 Å². The van der Waals surface area contributed by atoms with Gasteiger partial charge in [0.2, 0.25) is 0 Å². The molecule has 44 heavy (non-hydrogen) atoms. The Balaban J connectivity index is 0.000000860. The number of guanidine groups is 1. The molecular formula is C33H42F3N3O5. The first-order valence-electron chi connectivity index (χ1n) is 14.5. The number of carboxylic acid groups (broad SMARTS) is 1. The van der Waals surface area contributed by atoms with Gasteiger partial charge >= 0.3 is 12.1 Å². The highest BCUT2D eigenvalue weighted by Crippen LogP contribution is 2.19. The third-order valence-electron chi connectivity index (χ3n) is 6.22. The van der Waals surface area contributed by atoms with Crippen LogP contribution >= 0.6 is 0 Å². The molecule has 0 heterocycles. The van der Waals surface area contributed by atoms with Gasteiger partial charge in [-0.2, -0.15) is 13.2 Å². The number of hydrogen-bond acceptors (Lipinski definition) is 5. The molecule has 0 aromatic heterocycles. The Morgan fingerprint density at radius 2 is 1.20 bits per heavy atom. The van der Waals surface area contributed by atoms with E-state index in [0.29, 0.717) is 13.2 Å². The number of carboxylic acids is 1. The van der Waals surface area contributed by atoms with Gasteiger partial charge in [-0.05, 0) is 54.7 Å². The Hall–Kier alpha value is -4.25. The lowest BCUT2D eigenvalue weighted by Crippen LogP contribution is -2.28. The number of ether oxygens (including phenoxy) is 3. The minimum atomic E-state index is -5.08. The number of benzene rings is 3. The Morgan fingerprint density at radius 1 is 0.727 bits per heavy atom. The van der Waals surface area contributed by atoms with E-state index in [4.69, 9.17) is 35.6 Å². The van der Waals surface area contributed by atoms with Crippen molar-refractivity contribution in [3.8, 4) is 11.5 Å². The van der Waals surface area contributed by atoms with Crippen LogP contribution in [0, 0.1) is 0 Å². The number of carbonyl (C=O) groups is 1. The molecule has 240 valence electrons.